The fourth-order valence-electron chi connectivity index (χ4n) is 1.63. The maximum Gasteiger partial charge on any atom is 0.239 e. The van der Waals surface area contributed by atoms with E-state index < -0.39 is 11.8 Å². The zero-order chi connectivity index (χ0) is 9.64. The topological polar surface area (TPSA) is 73.6 Å². The number of nitrogens with one attached hydrogen (secondary N) is 1. The normalized spacial score (nSPS) is 42.7. The molecule has 1 amide bonds. The summed E-state index contributed by atoms with van der Waals surface area (Å²) in [4.78, 5) is 10.8. The van der Waals surface area contributed by atoms with Gasteiger partial charge < -0.3 is 20.5 Å². The second-order valence-electron chi connectivity index (χ2n) is 3.93. The number of carbonyl (C=O) groups is 1. The minimum Gasteiger partial charge on any atom is -0.348 e. The number of ether oxygens (including phenoxy) is 2. The van der Waals surface area contributed by atoms with Gasteiger partial charge in [-0.1, -0.05) is 0 Å². The average Bonchev–Trinajstić information content (AvgIpc) is 2.40. The highest BCUT2D eigenvalue weighted by molar-refractivity contribution is 5.89. The maximum absolute atomic E-state index is 10.8. The standard InChI is InChI=1S/C8H14N2O3/c1-8(2)12-3-4(13-8)6-5(9)7(11)10-6/h4-6H,3,9H2,1-2H3,(H,10,11)/t4-,5+,6-/m1/s1. The van der Waals surface area contributed by atoms with Crippen LogP contribution < -0.4 is 11.1 Å². The van der Waals surface area contributed by atoms with Crippen molar-refractivity contribution in [2.75, 3.05) is 6.61 Å². The maximum atomic E-state index is 10.8. The Morgan fingerprint density at radius 3 is 2.69 bits per heavy atom. The number of rotatable bonds is 1. The van der Waals surface area contributed by atoms with Crippen LogP contribution in [0.5, 0.6) is 0 Å². The number of hydrogen-bond donors (Lipinski definition) is 2. The van der Waals surface area contributed by atoms with Gasteiger partial charge in [-0.25, -0.2) is 0 Å². The SMILES string of the molecule is CC1(C)OC[C@H]([C@H]2NC(=O)[C@H]2N)O1. The van der Waals surface area contributed by atoms with Crippen molar-refractivity contribution in [1.29, 1.82) is 0 Å². The van der Waals surface area contributed by atoms with E-state index in [4.69, 9.17) is 15.2 Å². The second-order valence-corrected chi connectivity index (χ2v) is 3.93. The molecule has 0 radical (unpaired) electrons. The fraction of sp³-hybridized carbons (Fsp3) is 0.875. The van der Waals surface area contributed by atoms with E-state index in [1.807, 2.05) is 13.8 Å². The number of β-lactam (4-membered cyclic amide) rings is 1. The average molecular weight is 186 g/mol. The lowest BCUT2D eigenvalue weighted by Gasteiger charge is -2.37. The van der Waals surface area contributed by atoms with Crippen molar-refractivity contribution >= 4 is 5.91 Å². The largest absolute Gasteiger partial charge is 0.348 e. The predicted molar refractivity (Wildman–Crippen MR) is 44.8 cm³/mol. The van der Waals surface area contributed by atoms with Gasteiger partial charge in [-0.05, 0) is 13.8 Å². The van der Waals surface area contributed by atoms with Crippen molar-refractivity contribution in [3.05, 3.63) is 0 Å². The molecule has 5 heteroatoms. The first-order valence-electron chi connectivity index (χ1n) is 4.37. The third kappa shape index (κ3) is 1.43. The molecule has 5 nitrogen and oxygen atoms in total. The molecule has 2 heterocycles. The van der Waals surface area contributed by atoms with E-state index in [2.05, 4.69) is 5.32 Å². The minimum atomic E-state index is -0.551. The van der Waals surface area contributed by atoms with Crippen molar-refractivity contribution < 1.29 is 14.3 Å². The highest BCUT2D eigenvalue weighted by Gasteiger charge is 2.47. The predicted octanol–water partition coefficient (Wildman–Crippen LogP) is -1.04. The Labute approximate surface area is 76.6 Å². The van der Waals surface area contributed by atoms with E-state index >= 15 is 0 Å². The van der Waals surface area contributed by atoms with E-state index in [1.165, 1.54) is 0 Å². The van der Waals surface area contributed by atoms with Gasteiger partial charge in [0.25, 0.3) is 0 Å². The number of nitrogens with two attached hydrogens (primary N) is 1. The van der Waals surface area contributed by atoms with Gasteiger partial charge in [0.05, 0.1) is 12.6 Å². The summed E-state index contributed by atoms with van der Waals surface area (Å²) in [6.45, 7) is 4.18. The van der Waals surface area contributed by atoms with Gasteiger partial charge in [-0.3, -0.25) is 4.79 Å². The molecule has 0 bridgehead atoms. The molecule has 3 N–H and O–H groups in total. The number of hydrogen-bond acceptors (Lipinski definition) is 4. The lowest BCUT2D eigenvalue weighted by atomic mass is 9.95. The Kier molecular flexibility index (Phi) is 1.83. The third-order valence-electron chi connectivity index (χ3n) is 2.43. The molecule has 0 unspecified atom stereocenters. The zero-order valence-electron chi connectivity index (χ0n) is 7.74. The minimum absolute atomic E-state index is 0.0886. The van der Waals surface area contributed by atoms with Crippen LogP contribution in [0.4, 0.5) is 0 Å². The Balaban J connectivity index is 1.94. The molecular formula is C8H14N2O3. The Bertz CT molecular complexity index is 242. The molecular weight excluding hydrogens is 172 g/mol. The van der Waals surface area contributed by atoms with Crippen LogP contribution in [0, 0.1) is 0 Å². The molecule has 2 saturated heterocycles. The van der Waals surface area contributed by atoms with E-state index in [0.717, 1.165) is 0 Å². The van der Waals surface area contributed by atoms with Crippen molar-refractivity contribution in [2.24, 2.45) is 5.73 Å². The summed E-state index contributed by atoms with van der Waals surface area (Å²) in [5.41, 5.74) is 5.59. The number of carbonyl (C=O) groups excluding carboxylic acids is 1. The molecule has 13 heavy (non-hydrogen) atoms. The fourth-order valence-corrected chi connectivity index (χ4v) is 1.63. The van der Waals surface area contributed by atoms with E-state index in [-0.39, 0.29) is 18.1 Å². The summed E-state index contributed by atoms with van der Waals surface area (Å²) in [6.07, 6.45) is -0.109. The molecule has 0 spiro atoms. The lowest BCUT2D eigenvalue weighted by Crippen LogP contribution is -2.71. The van der Waals surface area contributed by atoms with Crippen LogP contribution in [0.15, 0.2) is 0 Å². The summed E-state index contributed by atoms with van der Waals surface area (Å²) >= 11 is 0. The van der Waals surface area contributed by atoms with Gasteiger partial charge >= 0.3 is 0 Å². The highest BCUT2D eigenvalue weighted by atomic mass is 16.7. The third-order valence-corrected chi connectivity index (χ3v) is 2.43. The monoisotopic (exact) mass is 186 g/mol. The van der Waals surface area contributed by atoms with Gasteiger partial charge in [0.15, 0.2) is 5.79 Å². The van der Waals surface area contributed by atoms with Gasteiger partial charge in [0.1, 0.15) is 12.1 Å². The summed E-state index contributed by atoms with van der Waals surface area (Å²) in [6, 6.07) is -0.531. The first kappa shape index (κ1) is 8.93. The first-order chi connectivity index (χ1) is 5.99. The van der Waals surface area contributed by atoms with Crippen LogP contribution in [-0.2, 0) is 14.3 Å². The Morgan fingerprint density at radius 2 is 2.31 bits per heavy atom. The van der Waals surface area contributed by atoms with Crippen molar-refractivity contribution in [2.45, 2.75) is 37.8 Å². The van der Waals surface area contributed by atoms with E-state index in [0.29, 0.717) is 6.61 Å². The summed E-state index contributed by atoms with van der Waals surface area (Å²) in [5.74, 6) is -0.664. The smallest absolute Gasteiger partial charge is 0.239 e. The Hall–Kier alpha value is -0.650. The van der Waals surface area contributed by atoms with Crippen LogP contribution in [0.3, 0.4) is 0 Å². The van der Waals surface area contributed by atoms with Crippen LogP contribution >= 0.6 is 0 Å². The van der Waals surface area contributed by atoms with Crippen LogP contribution in [-0.4, -0.2) is 36.5 Å². The molecule has 2 rings (SSSR count). The molecule has 2 fully saturated rings. The molecule has 74 valence electrons. The molecule has 2 aliphatic heterocycles. The first-order valence-corrected chi connectivity index (χ1v) is 4.37. The summed E-state index contributed by atoms with van der Waals surface area (Å²) in [5, 5.41) is 2.70. The van der Waals surface area contributed by atoms with Gasteiger partial charge in [0.2, 0.25) is 5.91 Å². The quantitative estimate of drug-likeness (QED) is 0.513. The second kappa shape index (κ2) is 2.67. The van der Waals surface area contributed by atoms with Crippen molar-refractivity contribution in [3.8, 4) is 0 Å². The van der Waals surface area contributed by atoms with E-state index in [9.17, 15) is 4.79 Å². The van der Waals surface area contributed by atoms with Crippen LogP contribution in [0.2, 0.25) is 0 Å². The molecule has 0 aromatic rings. The van der Waals surface area contributed by atoms with Gasteiger partial charge in [-0.15, -0.1) is 0 Å². The van der Waals surface area contributed by atoms with Crippen LogP contribution in [0.25, 0.3) is 0 Å². The zero-order valence-corrected chi connectivity index (χ0v) is 7.74. The van der Waals surface area contributed by atoms with Gasteiger partial charge in [-0.2, -0.15) is 0 Å². The molecule has 2 aliphatic rings. The lowest BCUT2D eigenvalue weighted by molar-refractivity contribution is -0.152. The highest BCUT2D eigenvalue weighted by Crippen LogP contribution is 2.26. The van der Waals surface area contributed by atoms with Gasteiger partial charge in [0, 0.05) is 0 Å². The van der Waals surface area contributed by atoms with Crippen molar-refractivity contribution in [3.63, 3.8) is 0 Å². The van der Waals surface area contributed by atoms with Crippen molar-refractivity contribution in [1.82, 2.24) is 5.32 Å². The summed E-state index contributed by atoms with van der Waals surface area (Å²) in [7, 11) is 0. The molecule has 0 saturated carbocycles. The molecule has 0 aromatic heterocycles. The Morgan fingerprint density at radius 1 is 1.62 bits per heavy atom. The van der Waals surface area contributed by atoms with Crippen LogP contribution in [0.1, 0.15) is 13.8 Å². The van der Waals surface area contributed by atoms with E-state index in [1.54, 1.807) is 0 Å². The molecule has 0 aromatic carbocycles. The number of amides is 1. The summed E-state index contributed by atoms with van der Waals surface area (Å²) < 4.78 is 10.9. The molecule has 3 atom stereocenters. The molecule has 0 aliphatic carbocycles.